The van der Waals surface area contributed by atoms with E-state index in [1.165, 1.54) is 23.5 Å². The smallest absolute Gasteiger partial charge is 0.234 e. The van der Waals surface area contributed by atoms with E-state index in [1.54, 1.807) is 10.7 Å². The van der Waals surface area contributed by atoms with Gasteiger partial charge in [0.1, 0.15) is 0 Å². The number of nitrogens with zero attached hydrogens (tertiary/aromatic N) is 4. The topological polar surface area (TPSA) is 116 Å². The highest BCUT2D eigenvalue weighted by Gasteiger charge is 2.14. The van der Waals surface area contributed by atoms with E-state index in [0.29, 0.717) is 10.8 Å². The molecule has 10 heteroatoms. The minimum atomic E-state index is -0.412. The van der Waals surface area contributed by atoms with Crippen molar-refractivity contribution >= 4 is 41.0 Å². The molecule has 0 atom stereocenters. The van der Waals surface area contributed by atoms with E-state index in [-0.39, 0.29) is 17.4 Å². The number of nitrogens with two attached hydrogens (primary N) is 1. The zero-order valence-corrected chi connectivity index (χ0v) is 16.7. The molecular weight excluding hydrogens is 396 g/mol. The number of benzene rings is 2. The zero-order valence-electron chi connectivity index (χ0n) is 15.0. The largest absolute Gasteiger partial charge is 0.369 e. The van der Waals surface area contributed by atoms with Gasteiger partial charge in [-0.3, -0.25) is 9.59 Å². The number of hydrogen-bond donors (Lipinski definition) is 2. The number of aryl methyl sites for hydroxylation is 1. The molecule has 0 saturated carbocycles. The van der Waals surface area contributed by atoms with Crippen LogP contribution < -0.4 is 11.1 Å². The standard InChI is InChI=1S/C18H18N6O2S2/c1-12-6-2-4-8-14(12)24-18(21-22-23-24)28-11-17(26)20-13-7-3-5-9-15(13)27-10-16(19)25/h2-9H,10-11H2,1H3,(H2,19,25)(H,20,26). The molecule has 3 aromatic rings. The van der Waals surface area contributed by atoms with Gasteiger partial charge in [-0.05, 0) is 41.1 Å². The van der Waals surface area contributed by atoms with Crippen molar-refractivity contribution in [2.45, 2.75) is 17.0 Å². The van der Waals surface area contributed by atoms with Crippen molar-refractivity contribution in [2.24, 2.45) is 5.73 Å². The van der Waals surface area contributed by atoms with Gasteiger partial charge >= 0.3 is 0 Å². The Hall–Kier alpha value is -2.85. The quantitative estimate of drug-likeness (QED) is 0.543. The molecule has 0 bridgehead atoms. The average Bonchev–Trinajstić information content (AvgIpc) is 3.14. The number of nitrogens with one attached hydrogen (secondary N) is 1. The molecule has 0 spiro atoms. The molecule has 144 valence electrons. The predicted molar refractivity (Wildman–Crippen MR) is 110 cm³/mol. The number of carbonyl (C=O) groups is 2. The SMILES string of the molecule is Cc1ccccc1-n1nnnc1SCC(=O)Nc1ccccc1SCC(N)=O. The maximum absolute atomic E-state index is 12.4. The third-order valence-electron chi connectivity index (χ3n) is 3.65. The summed E-state index contributed by atoms with van der Waals surface area (Å²) < 4.78 is 1.62. The molecule has 0 aliphatic rings. The molecule has 0 aliphatic heterocycles. The lowest BCUT2D eigenvalue weighted by molar-refractivity contribution is -0.115. The highest BCUT2D eigenvalue weighted by atomic mass is 32.2. The molecule has 2 aromatic carbocycles. The van der Waals surface area contributed by atoms with Crippen molar-refractivity contribution in [3.8, 4) is 5.69 Å². The van der Waals surface area contributed by atoms with Crippen LogP contribution in [0, 0.1) is 6.92 Å². The van der Waals surface area contributed by atoms with E-state index < -0.39 is 5.91 Å². The molecule has 3 N–H and O–H groups in total. The van der Waals surface area contributed by atoms with Gasteiger partial charge in [0, 0.05) is 4.90 Å². The fraction of sp³-hybridized carbons (Fsp3) is 0.167. The van der Waals surface area contributed by atoms with Crippen LogP contribution in [0.2, 0.25) is 0 Å². The number of primary amides is 1. The van der Waals surface area contributed by atoms with Gasteiger partial charge in [0.2, 0.25) is 17.0 Å². The highest BCUT2D eigenvalue weighted by Crippen LogP contribution is 2.27. The number of carbonyl (C=O) groups excluding carboxylic acids is 2. The van der Waals surface area contributed by atoms with Crippen LogP contribution in [0.3, 0.4) is 0 Å². The molecular formula is C18H18N6O2S2. The average molecular weight is 415 g/mol. The highest BCUT2D eigenvalue weighted by molar-refractivity contribution is 8.00. The number of hydrogen-bond acceptors (Lipinski definition) is 7. The molecule has 1 heterocycles. The van der Waals surface area contributed by atoms with Crippen LogP contribution in [-0.4, -0.2) is 43.5 Å². The van der Waals surface area contributed by atoms with Crippen molar-refractivity contribution in [3.05, 3.63) is 54.1 Å². The Labute approximate surface area is 170 Å². The van der Waals surface area contributed by atoms with Crippen LogP contribution in [0.5, 0.6) is 0 Å². The predicted octanol–water partition coefficient (Wildman–Crippen LogP) is 2.28. The summed E-state index contributed by atoms with van der Waals surface area (Å²) in [4.78, 5) is 24.2. The first-order chi connectivity index (χ1) is 13.5. The maximum Gasteiger partial charge on any atom is 0.234 e. The molecule has 8 nitrogen and oxygen atoms in total. The third-order valence-corrected chi connectivity index (χ3v) is 5.66. The van der Waals surface area contributed by atoms with Gasteiger partial charge in [0.25, 0.3) is 0 Å². The Morgan fingerprint density at radius 2 is 1.82 bits per heavy atom. The molecule has 1 aromatic heterocycles. The fourth-order valence-electron chi connectivity index (χ4n) is 2.38. The Morgan fingerprint density at radius 3 is 2.61 bits per heavy atom. The number of aromatic nitrogens is 4. The second kappa shape index (κ2) is 9.38. The third kappa shape index (κ3) is 5.11. The Balaban J connectivity index is 1.64. The lowest BCUT2D eigenvalue weighted by atomic mass is 10.2. The van der Waals surface area contributed by atoms with Gasteiger partial charge in [-0.15, -0.1) is 16.9 Å². The summed E-state index contributed by atoms with van der Waals surface area (Å²) in [7, 11) is 0. The van der Waals surface area contributed by atoms with E-state index in [9.17, 15) is 9.59 Å². The minimum absolute atomic E-state index is 0.140. The molecule has 0 radical (unpaired) electrons. The van der Waals surface area contributed by atoms with Crippen LogP contribution in [0.15, 0.2) is 58.6 Å². The number of anilines is 1. The van der Waals surface area contributed by atoms with Gasteiger partial charge in [0.05, 0.1) is 22.9 Å². The number of amides is 2. The number of thioether (sulfide) groups is 2. The summed E-state index contributed by atoms with van der Waals surface area (Å²) in [6.45, 7) is 1.97. The van der Waals surface area contributed by atoms with E-state index in [2.05, 4.69) is 20.8 Å². The zero-order chi connectivity index (χ0) is 19.9. The molecule has 0 unspecified atom stereocenters. The Bertz CT molecular complexity index is 991. The molecule has 3 rings (SSSR count). The Kier molecular flexibility index (Phi) is 6.66. The van der Waals surface area contributed by atoms with Crippen LogP contribution in [-0.2, 0) is 9.59 Å². The summed E-state index contributed by atoms with van der Waals surface area (Å²) in [6.07, 6.45) is 0. The number of tetrazole rings is 1. The van der Waals surface area contributed by atoms with Crippen LogP contribution in [0.4, 0.5) is 5.69 Å². The second-order valence-electron chi connectivity index (χ2n) is 5.75. The second-order valence-corrected chi connectivity index (χ2v) is 7.71. The van der Waals surface area contributed by atoms with E-state index >= 15 is 0 Å². The summed E-state index contributed by atoms with van der Waals surface area (Å²) >= 11 is 2.52. The van der Waals surface area contributed by atoms with Crippen LogP contribution in [0.1, 0.15) is 5.56 Å². The van der Waals surface area contributed by atoms with Gasteiger partial charge in [0.15, 0.2) is 0 Å². The summed E-state index contributed by atoms with van der Waals surface area (Å²) in [5.74, 6) is -0.324. The van der Waals surface area contributed by atoms with E-state index in [4.69, 9.17) is 5.73 Å². The van der Waals surface area contributed by atoms with Gasteiger partial charge in [-0.2, -0.15) is 4.68 Å². The van der Waals surface area contributed by atoms with E-state index in [0.717, 1.165) is 16.1 Å². The van der Waals surface area contributed by atoms with Crippen molar-refractivity contribution in [1.29, 1.82) is 0 Å². The molecule has 28 heavy (non-hydrogen) atoms. The van der Waals surface area contributed by atoms with Gasteiger partial charge < -0.3 is 11.1 Å². The maximum atomic E-state index is 12.4. The normalized spacial score (nSPS) is 10.6. The van der Waals surface area contributed by atoms with Crippen molar-refractivity contribution in [1.82, 2.24) is 20.2 Å². The molecule has 0 saturated heterocycles. The first-order valence-corrected chi connectivity index (χ1v) is 10.3. The monoisotopic (exact) mass is 414 g/mol. The summed E-state index contributed by atoms with van der Waals surface area (Å²) in [6, 6.07) is 15.0. The molecule has 2 amide bonds. The van der Waals surface area contributed by atoms with Gasteiger partial charge in [-0.25, -0.2) is 0 Å². The lowest BCUT2D eigenvalue weighted by Crippen LogP contribution is -2.16. The fourth-order valence-corrected chi connectivity index (χ4v) is 3.81. The van der Waals surface area contributed by atoms with Crippen molar-refractivity contribution in [2.75, 3.05) is 16.8 Å². The lowest BCUT2D eigenvalue weighted by Gasteiger charge is -2.10. The van der Waals surface area contributed by atoms with Crippen molar-refractivity contribution < 1.29 is 9.59 Å². The van der Waals surface area contributed by atoms with Crippen LogP contribution in [0.25, 0.3) is 5.69 Å². The van der Waals surface area contributed by atoms with Gasteiger partial charge in [-0.1, -0.05) is 42.1 Å². The summed E-state index contributed by atoms with van der Waals surface area (Å²) in [5, 5.41) is 15.1. The Morgan fingerprint density at radius 1 is 1.07 bits per heavy atom. The first kappa shape index (κ1) is 19.9. The molecule has 0 aliphatic carbocycles. The minimum Gasteiger partial charge on any atom is -0.369 e. The van der Waals surface area contributed by atoms with Crippen LogP contribution >= 0.6 is 23.5 Å². The number of rotatable bonds is 8. The van der Waals surface area contributed by atoms with E-state index in [1.807, 2.05) is 49.4 Å². The van der Waals surface area contributed by atoms with Crippen molar-refractivity contribution in [3.63, 3.8) is 0 Å². The first-order valence-electron chi connectivity index (χ1n) is 8.32. The summed E-state index contributed by atoms with van der Waals surface area (Å²) in [5.41, 5.74) is 7.73. The number of para-hydroxylation sites is 2. The molecule has 0 fully saturated rings.